The lowest BCUT2D eigenvalue weighted by Crippen LogP contribution is -2.38. The van der Waals surface area contributed by atoms with E-state index >= 15 is 0 Å². The number of hydrogen-bond acceptors (Lipinski definition) is 2. The molecule has 0 heterocycles. The van der Waals surface area contributed by atoms with Crippen LogP contribution in [-0.2, 0) is 14.6 Å². The normalized spacial score (nSPS) is 16.7. The minimum Gasteiger partial charge on any atom is -0.223 e. The Labute approximate surface area is 161 Å². The van der Waals surface area contributed by atoms with Crippen LogP contribution in [0.1, 0.15) is 37.7 Å². The Kier molecular flexibility index (Phi) is 4.88. The molecule has 0 bridgehead atoms. The minimum atomic E-state index is -3.45. The fraction of sp³-hybridized carbons (Fsp3) is 0.250. The van der Waals surface area contributed by atoms with Crippen molar-refractivity contribution < 1.29 is 8.42 Å². The second-order valence-electron chi connectivity index (χ2n) is 7.31. The van der Waals surface area contributed by atoms with Gasteiger partial charge in [-0.2, -0.15) is 0 Å². The van der Waals surface area contributed by atoms with Crippen LogP contribution in [0.15, 0.2) is 89.8 Å². The average Bonchev–Trinajstić information content (AvgIpc) is 2.75. The number of hydrogen-bond donors (Lipinski definition) is 0. The minimum absolute atomic E-state index is 0.430. The number of sulfone groups is 1. The maximum atomic E-state index is 13.7. The van der Waals surface area contributed by atoms with Crippen molar-refractivity contribution in [3.63, 3.8) is 0 Å². The van der Waals surface area contributed by atoms with Crippen LogP contribution in [-0.4, -0.2) is 8.42 Å². The standard InChI is InChI=1S/C24H24O2S/c25-27(26,23-12-6-2-7-13-23)24(18-8-3-9-19-24)22-16-14-21(15-17-22)20-10-4-1-5-11-20/h1-2,4-7,10-17H,3,8-9,18-19H2. The van der Waals surface area contributed by atoms with E-state index in [1.54, 1.807) is 12.1 Å². The number of benzene rings is 3. The Morgan fingerprint density at radius 3 is 1.70 bits per heavy atom. The molecule has 27 heavy (non-hydrogen) atoms. The van der Waals surface area contributed by atoms with E-state index in [2.05, 4.69) is 24.3 Å². The highest BCUT2D eigenvalue weighted by Crippen LogP contribution is 2.47. The largest absolute Gasteiger partial charge is 0.223 e. The van der Waals surface area contributed by atoms with Crippen LogP contribution in [0.3, 0.4) is 0 Å². The van der Waals surface area contributed by atoms with Crippen molar-refractivity contribution in [2.75, 3.05) is 0 Å². The molecule has 0 radical (unpaired) electrons. The molecular formula is C24H24O2S. The van der Waals surface area contributed by atoms with E-state index in [-0.39, 0.29) is 0 Å². The summed E-state index contributed by atoms with van der Waals surface area (Å²) in [5.41, 5.74) is 3.18. The zero-order valence-corrected chi connectivity index (χ0v) is 16.2. The first-order chi connectivity index (χ1) is 13.1. The maximum Gasteiger partial charge on any atom is 0.188 e. The molecule has 0 saturated heterocycles. The fourth-order valence-corrected chi connectivity index (χ4v) is 6.50. The Hall–Kier alpha value is -2.39. The second kappa shape index (κ2) is 7.32. The molecule has 138 valence electrons. The Bertz CT molecular complexity index is 985. The molecule has 3 heteroatoms. The van der Waals surface area contributed by atoms with E-state index in [1.165, 1.54) is 0 Å². The van der Waals surface area contributed by atoms with Crippen molar-refractivity contribution in [3.05, 3.63) is 90.5 Å². The molecule has 1 aliphatic carbocycles. The predicted octanol–water partition coefficient (Wildman–Crippen LogP) is 5.99. The SMILES string of the molecule is O=S(=O)(c1ccccc1)C1(c2ccc(-c3ccccc3)cc2)CCCCC1. The molecular weight excluding hydrogens is 352 g/mol. The summed E-state index contributed by atoms with van der Waals surface area (Å²) in [5.74, 6) is 0. The third-order valence-electron chi connectivity index (χ3n) is 5.75. The highest BCUT2D eigenvalue weighted by Gasteiger charge is 2.46. The van der Waals surface area contributed by atoms with Crippen molar-refractivity contribution in [2.24, 2.45) is 0 Å². The predicted molar refractivity (Wildman–Crippen MR) is 110 cm³/mol. The molecule has 1 saturated carbocycles. The lowest BCUT2D eigenvalue weighted by atomic mass is 9.82. The van der Waals surface area contributed by atoms with Crippen LogP contribution in [0.4, 0.5) is 0 Å². The van der Waals surface area contributed by atoms with Gasteiger partial charge in [-0.05, 0) is 41.7 Å². The summed E-state index contributed by atoms with van der Waals surface area (Å²) in [6, 6.07) is 27.3. The highest BCUT2D eigenvalue weighted by molar-refractivity contribution is 7.92. The molecule has 0 N–H and O–H groups in total. The highest BCUT2D eigenvalue weighted by atomic mass is 32.2. The van der Waals surface area contributed by atoms with Gasteiger partial charge in [0.15, 0.2) is 9.84 Å². The maximum absolute atomic E-state index is 13.7. The van der Waals surface area contributed by atoms with Gasteiger partial charge in [-0.1, -0.05) is 92.1 Å². The zero-order chi connectivity index (χ0) is 18.7. The lowest BCUT2D eigenvalue weighted by molar-refractivity contribution is 0.380. The van der Waals surface area contributed by atoms with Crippen molar-refractivity contribution in [3.8, 4) is 11.1 Å². The monoisotopic (exact) mass is 376 g/mol. The summed E-state index contributed by atoms with van der Waals surface area (Å²) in [7, 11) is -3.45. The van der Waals surface area contributed by atoms with Gasteiger partial charge in [-0.15, -0.1) is 0 Å². The first-order valence-corrected chi connectivity index (χ1v) is 11.1. The average molecular weight is 377 g/mol. The molecule has 0 spiro atoms. The van der Waals surface area contributed by atoms with Crippen LogP contribution >= 0.6 is 0 Å². The molecule has 0 aliphatic heterocycles. The molecule has 0 amide bonds. The van der Waals surface area contributed by atoms with Crippen LogP contribution < -0.4 is 0 Å². The van der Waals surface area contributed by atoms with Gasteiger partial charge in [0.1, 0.15) is 4.75 Å². The summed E-state index contributed by atoms with van der Waals surface area (Å²) in [6.07, 6.45) is 4.39. The first-order valence-electron chi connectivity index (χ1n) is 9.59. The van der Waals surface area contributed by atoms with Crippen LogP contribution in [0.2, 0.25) is 0 Å². The third-order valence-corrected chi connectivity index (χ3v) is 8.31. The fourth-order valence-electron chi connectivity index (χ4n) is 4.26. The lowest BCUT2D eigenvalue weighted by Gasteiger charge is -2.37. The topological polar surface area (TPSA) is 34.1 Å². The van der Waals surface area contributed by atoms with Gasteiger partial charge in [0.05, 0.1) is 4.90 Å². The van der Waals surface area contributed by atoms with Crippen molar-refractivity contribution >= 4 is 9.84 Å². The molecule has 0 aromatic heterocycles. The molecule has 1 fully saturated rings. The van der Waals surface area contributed by atoms with Gasteiger partial charge in [0.25, 0.3) is 0 Å². The quantitative estimate of drug-likeness (QED) is 0.561. The van der Waals surface area contributed by atoms with Crippen LogP contribution in [0, 0.1) is 0 Å². The van der Waals surface area contributed by atoms with Gasteiger partial charge in [0, 0.05) is 0 Å². The zero-order valence-electron chi connectivity index (χ0n) is 15.3. The van der Waals surface area contributed by atoms with E-state index in [9.17, 15) is 8.42 Å². The molecule has 3 aromatic rings. The Balaban J connectivity index is 1.79. The van der Waals surface area contributed by atoms with E-state index in [0.717, 1.165) is 36.0 Å². The van der Waals surface area contributed by atoms with Crippen molar-refractivity contribution in [2.45, 2.75) is 41.7 Å². The van der Waals surface area contributed by atoms with E-state index < -0.39 is 14.6 Å². The molecule has 1 aliphatic rings. The number of rotatable bonds is 4. The Morgan fingerprint density at radius 2 is 1.11 bits per heavy atom. The van der Waals surface area contributed by atoms with E-state index in [4.69, 9.17) is 0 Å². The summed E-state index contributed by atoms with van der Waals surface area (Å²) in [4.78, 5) is 0.430. The molecule has 4 rings (SSSR count). The first kappa shape index (κ1) is 18.0. The van der Waals surface area contributed by atoms with Crippen LogP contribution in [0.25, 0.3) is 11.1 Å². The summed E-state index contributed by atoms with van der Waals surface area (Å²) >= 11 is 0. The van der Waals surface area contributed by atoms with Gasteiger partial charge < -0.3 is 0 Å². The molecule has 2 nitrogen and oxygen atoms in total. The third kappa shape index (κ3) is 3.21. The van der Waals surface area contributed by atoms with Gasteiger partial charge in [-0.3, -0.25) is 0 Å². The summed E-state index contributed by atoms with van der Waals surface area (Å²) in [5, 5.41) is 0. The second-order valence-corrected chi connectivity index (χ2v) is 9.57. The Morgan fingerprint density at radius 1 is 0.593 bits per heavy atom. The van der Waals surface area contributed by atoms with Crippen molar-refractivity contribution in [1.82, 2.24) is 0 Å². The van der Waals surface area contributed by atoms with E-state index in [1.807, 2.05) is 48.5 Å². The molecule has 3 aromatic carbocycles. The van der Waals surface area contributed by atoms with E-state index in [0.29, 0.717) is 17.7 Å². The van der Waals surface area contributed by atoms with Crippen LogP contribution in [0.5, 0.6) is 0 Å². The smallest absolute Gasteiger partial charge is 0.188 e. The summed E-state index contributed by atoms with van der Waals surface area (Å²) < 4.78 is 26.5. The van der Waals surface area contributed by atoms with Crippen molar-refractivity contribution in [1.29, 1.82) is 0 Å². The van der Waals surface area contributed by atoms with Gasteiger partial charge in [0.2, 0.25) is 0 Å². The van der Waals surface area contributed by atoms with Gasteiger partial charge in [-0.25, -0.2) is 8.42 Å². The summed E-state index contributed by atoms with van der Waals surface area (Å²) in [6.45, 7) is 0. The van der Waals surface area contributed by atoms with Gasteiger partial charge >= 0.3 is 0 Å². The molecule has 0 atom stereocenters. The molecule has 0 unspecified atom stereocenters.